The number of benzene rings is 1. The molecule has 0 atom stereocenters. The molecule has 1 aromatic carbocycles. The molecule has 27 heavy (non-hydrogen) atoms. The van der Waals surface area contributed by atoms with Crippen molar-refractivity contribution in [1.82, 2.24) is 15.3 Å². The summed E-state index contributed by atoms with van der Waals surface area (Å²) < 4.78 is 4.32. The summed E-state index contributed by atoms with van der Waals surface area (Å²) in [5.74, 6) is 0.742. The second-order valence-electron chi connectivity index (χ2n) is 6.04. The Labute approximate surface area is 179 Å². The summed E-state index contributed by atoms with van der Waals surface area (Å²) in [6, 6.07) is 14.6. The maximum atomic E-state index is 4.32. The number of hydrazone groups is 1. The Kier molecular flexibility index (Phi) is 7.55. The first-order valence-electron chi connectivity index (χ1n) is 8.45. The van der Waals surface area contributed by atoms with E-state index in [-0.39, 0.29) is 34.0 Å². The fourth-order valence-electron chi connectivity index (χ4n) is 2.97. The average Bonchev–Trinajstić information content (AvgIpc) is 3.00. The lowest BCUT2D eigenvalue weighted by atomic mass is 10.1. The third-order valence-electron chi connectivity index (χ3n) is 4.32. The zero-order valence-electron chi connectivity index (χ0n) is 15.0. The van der Waals surface area contributed by atoms with Gasteiger partial charge >= 0.3 is 0 Å². The molecule has 0 aliphatic carbocycles. The molecule has 0 bridgehead atoms. The number of aromatic nitrogens is 2. The largest absolute Gasteiger partial charge is 1.00 e. The van der Waals surface area contributed by atoms with E-state index >= 15 is 0 Å². The number of fused-ring (bicyclic) bond motifs is 1. The summed E-state index contributed by atoms with van der Waals surface area (Å²) in [6.07, 6.45) is 7.09. The zero-order chi connectivity index (χ0) is 17.1. The monoisotopic (exact) mass is 492 g/mol. The molecule has 142 valence electrons. The fraction of sp³-hybridized carbons (Fsp3) is 0.211. The van der Waals surface area contributed by atoms with Gasteiger partial charge in [0.05, 0.1) is 19.5 Å². The maximum absolute atomic E-state index is 4.32. The predicted molar refractivity (Wildman–Crippen MR) is 110 cm³/mol. The lowest BCUT2D eigenvalue weighted by molar-refractivity contribution is -0.510. The molecule has 3 aromatic rings. The van der Waals surface area contributed by atoms with Crippen molar-refractivity contribution in [2.45, 2.75) is 6.42 Å². The van der Waals surface area contributed by atoms with Gasteiger partial charge in [-0.2, -0.15) is 5.10 Å². The number of nitrogens with zero attached hydrogens (tertiary/aromatic N) is 4. The Morgan fingerprint density at radius 2 is 2.04 bits per heavy atom. The molecule has 0 saturated carbocycles. The molecule has 0 radical (unpaired) electrons. The molecule has 0 spiro atoms. The maximum Gasteiger partial charge on any atom is 0.286 e. The molecular formula is C19H22Br2N6. The van der Waals surface area contributed by atoms with Crippen LogP contribution in [0.1, 0.15) is 12.0 Å². The Morgan fingerprint density at radius 3 is 2.74 bits per heavy atom. The second-order valence-corrected chi connectivity index (χ2v) is 6.04. The number of rotatable bonds is 3. The number of guanidine groups is 1. The van der Waals surface area contributed by atoms with Crippen LogP contribution < -0.4 is 32.1 Å². The van der Waals surface area contributed by atoms with Crippen LogP contribution in [0.2, 0.25) is 0 Å². The van der Waals surface area contributed by atoms with Crippen molar-refractivity contribution in [3.63, 3.8) is 0 Å². The van der Waals surface area contributed by atoms with Crippen molar-refractivity contribution in [3.8, 4) is 11.3 Å². The zero-order valence-corrected chi connectivity index (χ0v) is 18.3. The number of imidazole rings is 1. The number of halogens is 2. The van der Waals surface area contributed by atoms with Gasteiger partial charge in [-0.1, -0.05) is 18.2 Å². The standard InChI is InChI=1S/C19H21N6.2BrH/c1-24-17(14-25-12-3-2-5-18(24)25)16-8-6-15(7-9-16)13-22-23-19-20-10-4-11-21-19;;/h2-3,5-9,12-14H,4,10-11H2,1H3,(H2,20,21,23);2*1H/q+1;;/p-1/b22-13+;;. The Bertz CT molecular complexity index is 946. The van der Waals surface area contributed by atoms with Crippen LogP contribution in [0.4, 0.5) is 0 Å². The molecular weight excluding hydrogens is 472 g/mol. The minimum atomic E-state index is 0. The highest BCUT2D eigenvalue weighted by Crippen LogP contribution is 2.19. The van der Waals surface area contributed by atoms with Crippen molar-refractivity contribution in [2.24, 2.45) is 17.1 Å². The van der Waals surface area contributed by atoms with E-state index < -0.39 is 0 Å². The van der Waals surface area contributed by atoms with Gasteiger partial charge in [0.1, 0.15) is 6.20 Å². The minimum Gasteiger partial charge on any atom is -1.00 e. The van der Waals surface area contributed by atoms with Gasteiger partial charge in [-0.3, -0.25) is 4.99 Å². The molecule has 1 aliphatic heterocycles. The second kappa shape index (κ2) is 9.66. The van der Waals surface area contributed by atoms with Crippen LogP contribution in [0, 0.1) is 0 Å². The van der Waals surface area contributed by atoms with Gasteiger partial charge in [-0.15, -0.1) is 17.0 Å². The molecule has 0 saturated heterocycles. The summed E-state index contributed by atoms with van der Waals surface area (Å²) in [5, 5.41) is 7.42. The van der Waals surface area contributed by atoms with Crippen LogP contribution in [-0.2, 0) is 7.05 Å². The quantitative estimate of drug-likeness (QED) is 0.287. The smallest absolute Gasteiger partial charge is 0.286 e. The number of hydrogen-bond acceptors (Lipinski definition) is 4. The van der Waals surface area contributed by atoms with Gasteiger partial charge < -0.3 is 22.3 Å². The van der Waals surface area contributed by atoms with E-state index in [1.54, 1.807) is 6.21 Å². The number of pyridine rings is 1. The van der Waals surface area contributed by atoms with Crippen molar-refractivity contribution < 1.29 is 21.4 Å². The first-order chi connectivity index (χ1) is 12.3. The fourth-order valence-corrected chi connectivity index (χ4v) is 2.97. The average molecular weight is 494 g/mol. The van der Waals surface area contributed by atoms with E-state index in [4.69, 9.17) is 0 Å². The van der Waals surface area contributed by atoms with Crippen LogP contribution in [-0.4, -0.2) is 29.8 Å². The summed E-state index contributed by atoms with van der Waals surface area (Å²) in [7, 11) is 2.09. The highest BCUT2D eigenvalue weighted by molar-refractivity contribution is 8.93. The lowest BCUT2D eigenvalue weighted by Gasteiger charge is -2.12. The lowest BCUT2D eigenvalue weighted by Crippen LogP contribution is -3.00. The third kappa shape index (κ3) is 4.75. The summed E-state index contributed by atoms with van der Waals surface area (Å²) in [6.45, 7) is 1.79. The van der Waals surface area contributed by atoms with Gasteiger partial charge in [-0.05, 0) is 30.2 Å². The van der Waals surface area contributed by atoms with Gasteiger partial charge in [0, 0.05) is 24.7 Å². The van der Waals surface area contributed by atoms with E-state index in [1.165, 1.54) is 11.3 Å². The van der Waals surface area contributed by atoms with Gasteiger partial charge in [0.15, 0.2) is 5.69 Å². The molecule has 2 N–H and O–H groups in total. The molecule has 3 heterocycles. The molecule has 0 fully saturated rings. The number of aryl methyl sites for hydroxylation is 1. The molecule has 1 aliphatic rings. The van der Waals surface area contributed by atoms with Gasteiger partial charge in [0.2, 0.25) is 5.96 Å². The van der Waals surface area contributed by atoms with Crippen LogP contribution >= 0.6 is 17.0 Å². The topological polar surface area (TPSA) is 57.8 Å². The van der Waals surface area contributed by atoms with E-state index in [0.29, 0.717) is 0 Å². The highest BCUT2D eigenvalue weighted by Gasteiger charge is 2.14. The summed E-state index contributed by atoms with van der Waals surface area (Å²) in [4.78, 5) is 4.32. The van der Waals surface area contributed by atoms with Crippen LogP contribution in [0.25, 0.3) is 16.9 Å². The number of aliphatic imine (C=N–C) groups is 1. The van der Waals surface area contributed by atoms with Crippen molar-refractivity contribution in [1.29, 1.82) is 0 Å². The van der Waals surface area contributed by atoms with E-state index in [0.717, 1.165) is 36.7 Å². The van der Waals surface area contributed by atoms with Crippen molar-refractivity contribution in [3.05, 3.63) is 60.4 Å². The van der Waals surface area contributed by atoms with Crippen molar-refractivity contribution in [2.75, 3.05) is 13.1 Å². The molecule has 6 nitrogen and oxygen atoms in total. The molecule has 0 amide bonds. The van der Waals surface area contributed by atoms with Gasteiger partial charge in [0.25, 0.3) is 5.65 Å². The highest BCUT2D eigenvalue weighted by atomic mass is 79.9. The Balaban J connectivity index is 0.00000131. The van der Waals surface area contributed by atoms with Crippen molar-refractivity contribution >= 4 is 34.8 Å². The molecule has 8 heteroatoms. The molecule has 2 aromatic heterocycles. The Hall–Kier alpha value is -2.19. The number of nitrogens with one attached hydrogen (secondary N) is 2. The van der Waals surface area contributed by atoms with Gasteiger partial charge in [-0.25, -0.2) is 14.4 Å². The minimum absolute atomic E-state index is 0. The Morgan fingerprint density at radius 1 is 1.22 bits per heavy atom. The first-order valence-corrected chi connectivity index (χ1v) is 8.45. The normalized spacial score (nSPS) is 13.4. The van der Waals surface area contributed by atoms with E-state index in [9.17, 15) is 0 Å². The summed E-state index contributed by atoms with van der Waals surface area (Å²) in [5.41, 5.74) is 7.50. The van der Waals surface area contributed by atoms with Crippen LogP contribution in [0.15, 0.2) is 65.0 Å². The SMILES string of the molecule is Br.Cn1c(-c2ccc(/C=N/NC3=NCCCN3)cc2)c[n+]2ccccc12.[Br-]. The summed E-state index contributed by atoms with van der Waals surface area (Å²) >= 11 is 0. The molecule has 4 rings (SSSR count). The predicted octanol–water partition coefficient (Wildman–Crippen LogP) is -0.714. The number of hydrogen-bond donors (Lipinski definition) is 2. The van der Waals surface area contributed by atoms with Crippen LogP contribution in [0.5, 0.6) is 0 Å². The van der Waals surface area contributed by atoms with Crippen LogP contribution in [0.3, 0.4) is 0 Å². The molecule has 0 unspecified atom stereocenters. The van der Waals surface area contributed by atoms with E-state index in [2.05, 4.69) is 85.6 Å². The first kappa shape index (κ1) is 21.1. The third-order valence-corrected chi connectivity index (χ3v) is 4.32. The van der Waals surface area contributed by atoms with E-state index in [1.807, 2.05) is 6.07 Å².